The van der Waals surface area contributed by atoms with Crippen molar-refractivity contribution in [2.75, 3.05) is 5.32 Å². The van der Waals surface area contributed by atoms with Gasteiger partial charge in [0.25, 0.3) is 0 Å². The van der Waals surface area contributed by atoms with Gasteiger partial charge in [-0.25, -0.2) is 0 Å². The number of benzene rings is 2. The Bertz CT molecular complexity index is 1260. The second-order valence-corrected chi connectivity index (χ2v) is 11.3. The summed E-state index contributed by atoms with van der Waals surface area (Å²) in [4.78, 5) is 16.5. The summed E-state index contributed by atoms with van der Waals surface area (Å²) in [6.07, 6.45) is 3.50. The molecule has 1 aliphatic rings. The van der Waals surface area contributed by atoms with Gasteiger partial charge in [-0.3, -0.25) is 9.78 Å². The molecule has 1 aliphatic heterocycles. The number of carbonyl (C=O) groups excluding carboxylic acids is 1. The van der Waals surface area contributed by atoms with E-state index in [1.807, 2.05) is 52.0 Å². The minimum absolute atomic E-state index is 0.189. The molecule has 1 amide bonds. The number of ether oxygens (including phenoxy) is 1. The summed E-state index contributed by atoms with van der Waals surface area (Å²) in [5, 5.41) is 3.39. The highest BCUT2D eigenvalue weighted by Crippen LogP contribution is 2.40. The number of aromatic nitrogens is 1. The lowest BCUT2D eigenvalue weighted by Crippen LogP contribution is -2.41. The van der Waals surface area contributed by atoms with Crippen LogP contribution in [0.25, 0.3) is 0 Å². The van der Waals surface area contributed by atoms with Crippen molar-refractivity contribution >= 4 is 47.4 Å². The van der Waals surface area contributed by atoms with Gasteiger partial charge in [0.05, 0.1) is 27.7 Å². The van der Waals surface area contributed by atoms with Crippen molar-refractivity contribution in [3.05, 3.63) is 76.0 Å². The number of pyridine rings is 1. The van der Waals surface area contributed by atoms with E-state index >= 15 is 0 Å². The molecule has 0 saturated carbocycles. The number of hydrogen-bond acceptors (Lipinski definition) is 5. The molecule has 1 aromatic heterocycles. The second kappa shape index (κ2) is 10.7. The van der Waals surface area contributed by atoms with Gasteiger partial charge in [-0.15, -0.1) is 0 Å². The first-order chi connectivity index (χ1) is 17.4. The zero-order valence-electron chi connectivity index (χ0n) is 21.9. The highest BCUT2D eigenvalue weighted by atomic mass is 35.5. The fourth-order valence-electron chi connectivity index (χ4n) is 4.04. The molecule has 37 heavy (non-hydrogen) atoms. The number of hydrogen-bond donors (Lipinski definition) is 1. The van der Waals surface area contributed by atoms with E-state index in [9.17, 15) is 4.79 Å². The van der Waals surface area contributed by atoms with Gasteiger partial charge >= 0.3 is 7.12 Å². The fraction of sp³-hybridized carbons (Fsp3) is 0.357. The van der Waals surface area contributed by atoms with Crippen molar-refractivity contribution < 1.29 is 18.8 Å². The van der Waals surface area contributed by atoms with Crippen LogP contribution in [0.1, 0.15) is 58.6 Å². The Balaban J connectivity index is 1.52. The Hall–Kier alpha value is -2.58. The van der Waals surface area contributed by atoms with Crippen LogP contribution in [0.3, 0.4) is 0 Å². The van der Waals surface area contributed by atoms with Crippen LogP contribution in [0.2, 0.25) is 10.0 Å². The molecule has 6 nitrogen and oxygen atoms in total. The van der Waals surface area contributed by atoms with Crippen LogP contribution in [0.15, 0.2) is 54.9 Å². The molecule has 4 rings (SSSR count). The largest absolute Gasteiger partial charge is 0.495 e. The van der Waals surface area contributed by atoms with E-state index in [-0.39, 0.29) is 28.3 Å². The predicted molar refractivity (Wildman–Crippen MR) is 149 cm³/mol. The summed E-state index contributed by atoms with van der Waals surface area (Å²) in [6, 6.07) is 12.6. The molecule has 2 heterocycles. The van der Waals surface area contributed by atoms with Gasteiger partial charge in [0.2, 0.25) is 5.91 Å². The molecule has 1 fully saturated rings. The molecule has 2 aromatic carbocycles. The first-order valence-electron chi connectivity index (χ1n) is 12.2. The van der Waals surface area contributed by atoms with E-state index in [0.29, 0.717) is 17.2 Å². The van der Waals surface area contributed by atoms with Gasteiger partial charge in [-0.2, -0.15) is 0 Å². The summed E-state index contributed by atoms with van der Waals surface area (Å²) in [5.74, 6) is 0.891. The quantitative estimate of drug-likeness (QED) is 0.334. The summed E-state index contributed by atoms with van der Waals surface area (Å²) in [7, 11) is -0.474. The molecule has 194 valence electrons. The molecule has 1 N–H and O–H groups in total. The molecule has 0 atom stereocenters. The van der Waals surface area contributed by atoms with Crippen molar-refractivity contribution in [2.24, 2.45) is 0 Å². The lowest BCUT2D eigenvalue weighted by molar-refractivity contribution is -0.115. The SMILES string of the molecule is CC(C)c1cc(Oc2c(Cl)cc(NC(=O)Cc3cccnc3)cc2Cl)ccc1B1OC(C)(C)C(C)(C)O1. The topological polar surface area (TPSA) is 69.7 Å². The monoisotopic (exact) mass is 540 g/mol. The first-order valence-corrected chi connectivity index (χ1v) is 13.0. The summed E-state index contributed by atoms with van der Waals surface area (Å²) in [5.41, 5.74) is 2.43. The Morgan fingerprint density at radius 1 is 1.05 bits per heavy atom. The molecule has 1 saturated heterocycles. The average Bonchev–Trinajstić information content (AvgIpc) is 3.03. The Labute approximate surface area is 228 Å². The Morgan fingerprint density at radius 2 is 1.70 bits per heavy atom. The number of nitrogens with one attached hydrogen (secondary N) is 1. The van der Waals surface area contributed by atoms with Crippen molar-refractivity contribution in [1.82, 2.24) is 4.98 Å². The van der Waals surface area contributed by atoms with Crippen LogP contribution in [-0.4, -0.2) is 29.2 Å². The van der Waals surface area contributed by atoms with Crippen LogP contribution in [0, 0.1) is 0 Å². The van der Waals surface area contributed by atoms with Gasteiger partial charge in [0.1, 0.15) is 5.75 Å². The third-order valence-corrected chi connectivity index (χ3v) is 7.34. The maximum atomic E-state index is 12.4. The van der Waals surface area contributed by atoms with Gasteiger partial charge < -0.3 is 19.4 Å². The van der Waals surface area contributed by atoms with E-state index in [0.717, 1.165) is 16.6 Å². The molecule has 3 aromatic rings. The molecule has 0 spiro atoms. The molecular weight excluding hydrogens is 510 g/mol. The van der Waals surface area contributed by atoms with E-state index in [2.05, 4.69) is 24.1 Å². The van der Waals surface area contributed by atoms with E-state index in [1.165, 1.54) is 0 Å². The van der Waals surface area contributed by atoms with Crippen LogP contribution < -0.4 is 15.5 Å². The molecular formula is C28H31BCl2N2O4. The molecule has 0 aliphatic carbocycles. The number of anilines is 1. The van der Waals surface area contributed by atoms with Crippen LogP contribution in [0.5, 0.6) is 11.5 Å². The van der Waals surface area contributed by atoms with Crippen molar-refractivity contribution in [3.8, 4) is 11.5 Å². The molecule has 0 unspecified atom stereocenters. The second-order valence-electron chi connectivity index (χ2n) is 10.5. The number of carbonyl (C=O) groups is 1. The third kappa shape index (κ3) is 6.12. The predicted octanol–water partition coefficient (Wildman–Crippen LogP) is 6.78. The first kappa shape index (κ1) is 27.5. The normalized spacial score (nSPS) is 16.2. The van der Waals surface area contributed by atoms with E-state index in [1.54, 1.807) is 30.6 Å². The zero-order valence-corrected chi connectivity index (χ0v) is 23.4. The number of amides is 1. The molecule has 0 radical (unpaired) electrons. The van der Waals surface area contributed by atoms with Crippen molar-refractivity contribution in [2.45, 2.75) is 65.1 Å². The highest BCUT2D eigenvalue weighted by Gasteiger charge is 2.52. The minimum atomic E-state index is -0.474. The van der Waals surface area contributed by atoms with Gasteiger partial charge in [0, 0.05) is 18.1 Å². The fourth-order valence-corrected chi connectivity index (χ4v) is 4.61. The molecule has 0 bridgehead atoms. The maximum absolute atomic E-state index is 12.4. The van der Waals surface area contributed by atoms with Crippen molar-refractivity contribution in [1.29, 1.82) is 0 Å². The van der Waals surface area contributed by atoms with Crippen LogP contribution >= 0.6 is 23.2 Å². The Morgan fingerprint density at radius 3 is 2.27 bits per heavy atom. The minimum Gasteiger partial charge on any atom is -0.454 e. The van der Waals surface area contributed by atoms with E-state index in [4.69, 9.17) is 37.2 Å². The third-order valence-electron chi connectivity index (χ3n) is 6.78. The highest BCUT2D eigenvalue weighted by molar-refractivity contribution is 6.62. The van der Waals surface area contributed by atoms with Gasteiger partial charge in [-0.1, -0.05) is 49.2 Å². The van der Waals surface area contributed by atoms with Gasteiger partial charge in [-0.05, 0) is 80.5 Å². The summed E-state index contributed by atoms with van der Waals surface area (Å²) < 4.78 is 18.7. The van der Waals surface area contributed by atoms with E-state index < -0.39 is 18.3 Å². The lowest BCUT2D eigenvalue weighted by Gasteiger charge is -2.32. The van der Waals surface area contributed by atoms with Crippen LogP contribution in [-0.2, 0) is 20.5 Å². The zero-order chi connectivity index (χ0) is 27.0. The smallest absolute Gasteiger partial charge is 0.454 e. The lowest BCUT2D eigenvalue weighted by atomic mass is 9.73. The standard InChI is InChI=1S/C28H31BCl2N2O4/c1-17(2)21-15-20(9-10-22(21)29-36-27(3,4)28(5,6)37-29)35-26-23(30)13-19(14-24(26)31)33-25(34)12-18-8-7-11-32-16-18/h7-11,13-17H,12H2,1-6H3,(H,33,34). The Kier molecular flexibility index (Phi) is 7.91. The number of halogens is 2. The maximum Gasteiger partial charge on any atom is 0.495 e. The van der Waals surface area contributed by atoms with Crippen molar-refractivity contribution in [3.63, 3.8) is 0 Å². The summed E-state index contributed by atoms with van der Waals surface area (Å²) >= 11 is 13.0. The van der Waals surface area contributed by atoms with Gasteiger partial charge in [0.15, 0.2) is 5.75 Å². The number of nitrogens with zero attached hydrogens (tertiary/aromatic N) is 1. The summed E-state index contributed by atoms with van der Waals surface area (Å²) in [6.45, 7) is 12.4. The molecule has 9 heteroatoms. The number of rotatable bonds is 7. The average molecular weight is 541 g/mol. The van der Waals surface area contributed by atoms with Crippen LogP contribution in [0.4, 0.5) is 5.69 Å².